The fourth-order valence-electron chi connectivity index (χ4n) is 3.32. The predicted molar refractivity (Wildman–Crippen MR) is 117 cm³/mol. The zero-order valence-corrected chi connectivity index (χ0v) is 18.0. The fraction of sp³-hybridized carbons (Fsp3) is 0.350. The Hall–Kier alpha value is -2.39. The highest BCUT2D eigenvalue weighted by molar-refractivity contribution is 6.41. The molecule has 0 saturated carbocycles. The van der Waals surface area contributed by atoms with Gasteiger partial charge in [0, 0.05) is 35.9 Å². The van der Waals surface area contributed by atoms with Crippen LogP contribution in [0.1, 0.15) is 6.42 Å². The summed E-state index contributed by atoms with van der Waals surface area (Å²) in [5, 5.41) is 4.72. The number of benzene rings is 1. The molecule has 2 atom stereocenters. The highest BCUT2D eigenvalue weighted by atomic mass is 35.5. The second kappa shape index (κ2) is 8.77. The van der Waals surface area contributed by atoms with Gasteiger partial charge in [-0.15, -0.1) is 0 Å². The SMILES string of the molecule is COc1cc(OC)c(Cl)c(-c2cc3cnc(NC4COCCC4N)nc3cn2)c1Cl. The molecule has 30 heavy (non-hydrogen) atoms. The lowest BCUT2D eigenvalue weighted by Crippen LogP contribution is -2.47. The third kappa shape index (κ3) is 3.96. The van der Waals surface area contributed by atoms with Crippen molar-refractivity contribution in [2.75, 3.05) is 32.8 Å². The molecular weight excluding hydrogens is 429 g/mol. The van der Waals surface area contributed by atoms with Crippen LogP contribution in [0.3, 0.4) is 0 Å². The minimum Gasteiger partial charge on any atom is -0.495 e. The van der Waals surface area contributed by atoms with Gasteiger partial charge in [-0.05, 0) is 12.5 Å². The van der Waals surface area contributed by atoms with Crippen LogP contribution < -0.4 is 20.5 Å². The number of nitrogens with zero attached hydrogens (tertiary/aromatic N) is 3. The molecule has 0 radical (unpaired) electrons. The van der Waals surface area contributed by atoms with E-state index >= 15 is 0 Å². The first kappa shape index (κ1) is 20.9. The van der Waals surface area contributed by atoms with Crippen molar-refractivity contribution in [1.29, 1.82) is 0 Å². The van der Waals surface area contributed by atoms with Crippen molar-refractivity contribution in [2.24, 2.45) is 5.73 Å². The Bertz CT molecular complexity index is 1050. The quantitative estimate of drug-likeness (QED) is 0.609. The lowest BCUT2D eigenvalue weighted by atomic mass is 10.1. The molecule has 0 aliphatic carbocycles. The number of nitrogens with two attached hydrogens (primary N) is 1. The summed E-state index contributed by atoms with van der Waals surface area (Å²) < 4.78 is 16.2. The lowest BCUT2D eigenvalue weighted by Gasteiger charge is -2.29. The first-order valence-corrected chi connectivity index (χ1v) is 10.1. The summed E-state index contributed by atoms with van der Waals surface area (Å²) in [5.74, 6) is 1.36. The molecule has 1 saturated heterocycles. The molecule has 2 unspecified atom stereocenters. The maximum absolute atomic E-state index is 6.51. The summed E-state index contributed by atoms with van der Waals surface area (Å²) in [5.41, 5.74) is 7.89. The van der Waals surface area contributed by atoms with Crippen LogP contribution in [-0.2, 0) is 4.74 Å². The van der Waals surface area contributed by atoms with E-state index in [0.717, 1.165) is 11.8 Å². The molecule has 2 aromatic heterocycles. The third-order valence-corrected chi connectivity index (χ3v) is 5.77. The highest BCUT2D eigenvalue weighted by Crippen LogP contribution is 2.45. The number of pyridine rings is 1. The second-order valence-electron chi connectivity index (χ2n) is 6.88. The van der Waals surface area contributed by atoms with Gasteiger partial charge in [-0.2, -0.15) is 0 Å². The summed E-state index contributed by atoms with van der Waals surface area (Å²) in [6.45, 7) is 1.19. The van der Waals surface area contributed by atoms with Crippen LogP contribution in [0.25, 0.3) is 22.2 Å². The van der Waals surface area contributed by atoms with Crippen molar-refractivity contribution in [3.8, 4) is 22.8 Å². The Morgan fingerprint density at radius 3 is 2.50 bits per heavy atom. The molecule has 10 heteroatoms. The smallest absolute Gasteiger partial charge is 0.223 e. The normalized spacial score (nSPS) is 19.0. The minimum absolute atomic E-state index is 0.00845. The van der Waals surface area contributed by atoms with E-state index in [9.17, 15) is 0 Å². The predicted octanol–water partition coefficient (Wildman–Crippen LogP) is 3.54. The van der Waals surface area contributed by atoms with Gasteiger partial charge in [0.25, 0.3) is 0 Å². The molecule has 0 spiro atoms. The molecule has 0 bridgehead atoms. The Morgan fingerprint density at radius 1 is 1.10 bits per heavy atom. The summed E-state index contributed by atoms with van der Waals surface area (Å²) >= 11 is 13.0. The van der Waals surface area contributed by atoms with Crippen LogP contribution in [0.5, 0.6) is 11.5 Å². The number of hydrogen-bond acceptors (Lipinski definition) is 8. The van der Waals surface area contributed by atoms with E-state index < -0.39 is 0 Å². The number of rotatable bonds is 5. The fourth-order valence-corrected chi connectivity index (χ4v) is 4.01. The number of hydrogen-bond donors (Lipinski definition) is 2. The molecule has 158 valence electrons. The van der Waals surface area contributed by atoms with Crippen molar-refractivity contribution < 1.29 is 14.2 Å². The zero-order chi connectivity index (χ0) is 21.3. The Morgan fingerprint density at radius 2 is 1.83 bits per heavy atom. The number of aromatic nitrogens is 3. The average molecular weight is 450 g/mol. The Balaban J connectivity index is 1.70. The zero-order valence-electron chi connectivity index (χ0n) is 16.5. The largest absolute Gasteiger partial charge is 0.495 e. The standard InChI is InChI=1S/C20H21Cl2N5O3/c1-28-15-6-16(29-2)19(22)17(18(15)21)12-5-10-7-25-20(26-13(10)8-24-12)27-14-9-30-4-3-11(14)23/h5-8,11,14H,3-4,9,23H2,1-2H3,(H,25,26,27). The third-order valence-electron chi connectivity index (χ3n) is 5.02. The van der Waals surface area contributed by atoms with Gasteiger partial charge in [0.1, 0.15) is 11.5 Å². The molecule has 4 rings (SSSR count). The van der Waals surface area contributed by atoms with Crippen molar-refractivity contribution in [2.45, 2.75) is 18.5 Å². The van der Waals surface area contributed by atoms with Crippen molar-refractivity contribution in [1.82, 2.24) is 15.0 Å². The molecule has 1 aliphatic heterocycles. The number of methoxy groups -OCH3 is 2. The van der Waals surface area contributed by atoms with E-state index in [-0.39, 0.29) is 12.1 Å². The minimum atomic E-state index is -0.0368. The van der Waals surface area contributed by atoms with Crippen LogP contribution in [-0.4, -0.2) is 54.5 Å². The number of fused-ring (bicyclic) bond motifs is 1. The maximum atomic E-state index is 6.51. The van der Waals surface area contributed by atoms with Crippen LogP contribution in [0.4, 0.5) is 5.95 Å². The molecule has 3 heterocycles. The molecular formula is C20H21Cl2N5O3. The monoisotopic (exact) mass is 449 g/mol. The van der Waals surface area contributed by atoms with E-state index in [1.54, 1.807) is 18.5 Å². The van der Waals surface area contributed by atoms with E-state index in [0.29, 0.717) is 57.5 Å². The van der Waals surface area contributed by atoms with Gasteiger partial charge in [0.15, 0.2) is 0 Å². The molecule has 1 aromatic carbocycles. The van der Waals surface area contributed by atoms with Gasteiger partial charge < -0.3 is 25.3 Å². The van der Waals surface area contributed by atoms with Crippen LogP contribution in [0, 0.1) is 0 Å². The molecule has 3 N–H and O–H groups in total. The summed E-state index contributed by atoms with van der Waals surface area (Å²) in [6, 6.07) is 3.41. The summed E-state index contributed by atoms with van der Waals surface area (Å²) in [6.07, 6.45) is 4.15. The topological polar surface area (TPSA) is 104 Å². The van der Waals surface area contributed by atoms with Crippen molar-refractivity contribution in [3.63, 3.8) is 0 Å². The average Bonchev–Trinajstić information content (AvgIpc) is 2.76. The second-order valence-corrected chi connectivity index (χ2v) is 7.64. The van der Waals surface area contributed by atoms with E-state index in [1.165, 1.54) is 14.2 Å². The van der Waals surface area contributed by atoms with Gasteiger partial charge in [-0.3, -0.25) is 4.98 Å². The maximum Gasteiger partial charge on any atom is 0.223 e. The van der Waals surface area contributed by atoms with Gasteiger partial charge in [0.2, 0.25) is 5.95 Å². The number of halogens is 2. The molecule has 0 amide bonds. The first-order valence-electron chi connectivity index (χ1n) is 9.34. The number of anilines is 1. The summed E-state index contributed by atoms with van der Waals surface area (Å²) in [7, 11) is 3.05. The molecule has 3 aromatic rings. The molecule has 1 fully saturated rings. The van der Waals surface area contributed by atoms with Gasteiger partial charge in [0.05, 0.1) is 54.3 Å². The van der Waals surface area contributed by atoms with Gasteiger partial charge >= 0.3 is 0 Å². The molecule has 8 nitrogen and oxygen atoms in total. The van der Waals surface area contributed by atoms with E-state index in [1.807, 2.05) is 6.07 Å². The van der Waals surface area contributed by atoms with Gasteiger partial charge in [-0.1, -0.05) is 23.2 Å². The van der Waals surface area contributed by atoms with Crippen LogP contribution in [0.2, 0.25) is 10.0 Å². The lowest BCUT2D eigenvalue weighted by molar-refractivity contribution is 0.0766. The van der Waals surface area contributed by atoms with Crippen molar-refractivity contribution >= 4 is 40.1 Å². The van der Waals surface area contributed by atoms with E-state index in [4.69, 9.17) is 43.1 Å². The number of nitrogens with one attached hydrogen (secondary N) is 1. The number of ether oxygens (including phenoxy) is 3. The van der Waals surface area contributed by atoms with Crippen LogP contribution in [0.15, 0.2) is 24.5 Å². The Labute approximate surface area is 183 Å². The van der Waals surface area contributed by atoms with Crippen molar-refractivity contribution in [3.05, 3.63) is 34.6 Å². The Kier molecular flexibility index (Phi) is 6.10. The highest BCUT2D eigenvalue weighted by Gasteiger charge is 2.23. The molecule has 1 aliphatic rings. The van der Waals surface area contributed by atoms with Crippen LogP contribution >= 0.6 is 23.2 Å². The first-order chi connectivity index (χ1) is 14.5. The van der Waals surface area contributed by atoms with E-state index in [2.05, 4.69) is 20.3 Å². The summed E-state index contributed by atoms with van der Waals surface area (Å²) in [4.78, 5) is 13.5. The van der Waals surface area contributed by atoms with Gasteiger partial charge in [-0.25, -0.2) is 9.97 Å².